The van der Waals surface area contributed by atoms with Crippen molar-refractivity contribution in [3.05, 3.63) is 64.2 Å². The molecule has 2 bridgehead atoms. The fraction of sp³-hybridized carbons (Fsp3) is 0.440. The number of aromatic nitrogens is 2. The summed E-state index contributed by atoms with van der Waals surface area (Å²) in [5.74, 6) is 0.628. The van der Waals surface area contributed by atoms with Gasteiger partial charge < -0.3 is 19.4 Å². The summed E-state index contributed by atoms with van der Waals surface area (Å²) < 4.78 is 4.11. The predicted octanol–water partition coefficient (Wildman–Crippen LogP) is 2.46. The molecule has 0 radical (unpaired) electrons. The summed E-state index contributed by atoms with van der Waals surface area (Å²) >= 11 is 0. The van der Waals surface area contributed by atoms with Crippen molar-refractivity contribution in [2.75, 3.05) is 39.0 Å². The van der Waals surface area contributed by atoms with Gasteiger partial charge in [0.05, 0.1) is 6.54 Å². The molecule has 4 heterocycles. The Balaban J connectivity index is 1.36. The normalized spacial score (nSPS) is 20.5. The standard InChI is InChI=1S/C25H31N5O2/c1-27(2)16-24(31)26-21-8-9-22-18-10-17(12-30(22)25(21)32)11-29(14-18)15-19-13-28(3)23-7-5-4-6-20(19)23/h4-9,13,17-18H,10-12,14-16H2,1-3H3,(H,26,31)/t17-,18-/m1/s1. The third-order valence-electron chi connectivity index (χ3n) is 6.79. The highest BCUT2D eigenvalue weighted by molar-refractivity contribution is 5.92. The predicted molar refractivity (Wildman–Crippen MR) is 127 cm³/mol. The number of anilines is 1. The molecule has 1 amide bonds. The fourth-order valence-electron chi connectivity index (χ4n) is 5.54. The minimum absolute atomic E-state index is 0.0770. The van der Waals surface area contributed by atoms with Crippen molar-refractivity contribution in [3.8, 4) is 0 Å². The lowest BCUT2D eigenvalue weighted by Gasteiger charge is -2.43. The number of likely N-dealkylation sites (N-methyl/N-ethyl adjacent to an activating group) is 1. The minimum Gasteiger partial charge on any atom is -0.350 e. The van der Waals surface area contributed by atoms with Crippen LogP contribution < -0.4 is 10.9 Å². The number of likely N-dealkylation sites (tertiary alicyclic amines) is 1. The van der Waals surface area contributed by atoms with E-state index in [1.165, 1.54) is 16.5 Å². The molecule has 1 N–H and O–H groups in total. The Bertz CT molecular complexity index is 1220. The van der Waals surface area contributed by atoms with Crippen LogP contribution in [0, 0.1) is 5.92 Å². The van der Waals surface area contributed by atoms with E-state index in [0.29, 0.717) is 24.1 Å². The van der Waals surface area contributed by atoms with Gasteiger partial charge in [0.1, 0.15) is 5.69 Å². The van der Waals surface area contributed by atoms with Crippen LogP contribution in [0.1, 0.15) is 23.6 Å². The third-order valence-corrected chi connectivity index (χ3v) is 6.79. The van der Waals surface area contributed by atoms with Crippen LogP contribution in [0.5, 0.6) is 0 Å². The Morgan fingerprint density at radius 1 is 1.12 bits per heavy atom. The summed E-state index contributed by atoms with van der Waals surface area (Å²) in [6.07, 6.45) is 3.37. The Morgan fingerprint density at radius 3 is 2.75 bits per heavy atom. The van der Waals surface area contributed by atoms with Crippen molar-refractivity contribution in [1.82, 2.24) is 18.9 Å². The molecule has 7 heteroatoms. The van der Waals surface area contributed by atoms with E-state index >= 15 is 0 Å². The van der Waals surface area contributed by atoms with E-state index in [2.05, 4.69) is 52.3 Å². The number of carbonyl (C=O) groups excluding carboxylic acids is 1. The number of benzene rings is 1. The summed E-state index contributed by atoms with van der Waals surface area (Å²) in [6, 6.07) is 12.4. The number of fused-ring (bicyclic) bond motifs is 5. The van der Waals surface area contributed by atoms with Crippen molar-refractivity contribution in [2.45, 2.75) is 25.4 Å². The largest absolute Gasteiger partial charge is 0.350 e. The second kappa shape index (κ2) is 8.22. The molecule has 2 aliphatic heterocycles. The van der Waals surface area contributed by atoms with Gasteiger partial charge >= 0.3 is 0 Å². The lowest BCUT2D eigenvalue weighted by Crippen LogP contribution is -2.47. The van der Waals surface area contributed by atoms with Gasteiger partial charge in [0.15, 0.2) is 0 Å². The summed E-state index contributed by atoms with van der Waals surface area (Å²) in [4.78, 5) is 29.6. The van der Waals surface area contributed by atoms with Crippen LogP contribution in [-0.2, 0) is 24.9 Å². The molecule has 0 unspecified atom stereocenters. The van der Waals surface area contributed by atoms with Crippen LogP contribution >= 0.6 is 0 Å². The SMILES string of the molecule is CN(C)CC(=O)Nc1ccc2n(c1=O)C[C@@H]1C[C@@H]2CN(Cc2cn(C)c3ccccc23)C1. The van der Waals surface area contributed by atoms with Gasteiger partial charge in [0.2, 0.25) is 5.91 Å². The molecule has 1 fully saturated rings. The highest BCUT2D eigenvalue weighted by atomic mass is 16.2. The molecule has 5 rings (SSSR count). The zero-order valence-corrected chi connectivity index (χ0v) is 19.0. The van der Waals surface area contributed by atoms with Gasteiger partial charge in [0, 0.05) is 61.9 Å². The van der Waals surface area contributed by atoms with Crippen LogP contribution in [0.4, 0.5) is 5.69 Å². The molecule has 1 aromatic carbocycles. The number of pyridine rings is 1. The number of piperidine rings is 1. The maximum absolute atomic E-state index is 13.1. The Morgan fingerprint density at radius 2 is 1.94 bits per heavy atom. The second-order valence-corrected chi connectivity index (χ2v) is 9.65. The Hall–Kier alpha value is -2.90. The summed E-state index contributed by atoms with van der Waals surface area (Å²) in [5, 5.41) is 4.11. The molecule has 0 aliphatic carbocycles. The Kier molecular flexibility index (Phi) is 5.39. The first-order valence-electron chi connectivity index (χ1n) is 11.3. The van der Waals surface area contributed by atoms with Crippen molar-refractivity contribution < 1.29 is 4.79 Å². The number of amides is 1. The molecule has 168 valence electrons. The Labute approximate surface area is 188 Å². The first-order valence-corrected chi connectivity index (χ1v) is 11.3. The first-order chi connectivity index (χ1) is 15.4. The molecule has 2 atom stereocenters. The van der Waals surface area contributed by atoms with E-state index in [-0.39, 0.29) is 18.0 Å². The number of rotatable bonds is 5. The van der Waals surface area contributed by atoms with Gasteiger partial charge in [-0.2, -0.15) is 0 Å². The lowest BCUT2D eigenvalue weighted by atomic mass is 9.83. The maximum atomic E-state index is 13.1. The summed E-state index contributed by atoms with van der Waals surface area (Å²) in [7, 11) is 5.78. The molecule has 7 nitrogen and oxygen atoms in total. The van der Waals surface area contributed by atoms with Gasteiger partial charge in [-0.3, -0.25) is 14.5 Å². The molecule has 3 aromatic rings. The van der Waals surface area contributed by atoms with E-state index in [4.69, 9.17) is 0 Å². The molecular weight excluding hydrogens is 402 g/mol. The zero-order valence-electron chi connectivity index (χ0n) is 19.0. The van der Waals surface area contributed by atoms with Gasteiger partial charge in [-0.15, -0.1) is 0 Å². The number of hydrogen-bond donors (Lipinski definition) is 1. The number of aryl methyl sites for hydroxylation is 1. The molecule has 2 aliphatic rings. The molecule has 1 saturated heterocycles. The summed E-state index contributed by atoms with van der Waals surface area (Å²) in [6.45, 7) is 3.84. The average Bonchev–Trinajstić information content (AvgIpc) is 3.05. The quantitative estimate of drug-likeness (QED) is 0.672. The van der Waals surface area contributed by atoms with Gasteiger partial charge in [0.25, 0.3) is 5.56 Å². The van der Waals surface area contributed by atoms with Crippen LogP contribution in [0.15, 0.2) is 47.4 Å². The van der Waals surface area contributed by atoms with Gasteiger partial charge in [-0.1, -0.05) is 18.2 Å². The van der Waals surface area contributed by atoms with E-state index in [1.807, 2.05) is 24.7 Å². The third kappa shape index (κ3) is 3.87. The van der Waals surface area contributed by atoms with E-state index in [1.54, 1.807) is 11.0 Å². The van der Waals surface area contributed by atoms with E-state index in [0.717, 1.165) is 31.7 Å². The molecule has 0 saturated carbocycles. The topological polar surface area (TPSA) is 62.5 Å². The van der Waals surface area contributed by atoms with Crippen molar-refractivity contribution >= 4 is 22.5 Å². The van der Waals surface area contributed by atoms with Crippen LogP contribution in [0.25, 0.3) is 10.9 Å². The highest BCUT2D eigenvalue weighted by Gasteiger charge is 2.35. The van der Waals surface area contributed by atoms with Crippen LogP contribution in [-0.4, -0.2) is 58.6 Å². The molecule has 32 heavy (non-hydrogen) atoms. The monoisotopic (exact) mass is 433 g/mol. The minimum atomic E-state index is -0.162. The van der Waals surface area contributed by atoms with E-state index < -0.39 is 0 Å². The van der Waals surface area contributed by atoms with E-state index in [9.17, 15) is 9.59 Å². The zero-order chi connectivity index (χ0) is 22.4. The number of para-hydroxylation sites is 1. The first kappa shape index (κ1) is 21.0. The van der Waals surface area contributed by atoms with Crippen LogP contribution in [0.3, 0.4) is 0 Å². The van der Waals surface area contributed by atoms with Gasteiger partial charge in [-0.05, 0) is 50.2 Å². The highest BCUT2D eigenvalue weighted by Crippen LogP contribution is 2.36. The molecule has 2 aromatic heterocycles. The van der Waals surface area contributed by atoms with Crippen molar-refractivity contribution in [3.63, 3.8) is 0 Å². The smallest absolute Gasteiger partial charge is 0.274 e. The average molecular weight is 434 g/mol. The lowest BCUT2D eigenvalue weighted by molar-refractivity contribution is -0.116. The number of nitrogens with zero attached hydrogens (tertiary/aromatic N) is 4. The van der Waals surface area contributed by atoms with Crippen molar-refractivity contribution in [2.24, 2.45) is 13.0 Å². The number of hydrogen-bond acceptors (Lipinski definition) is 4. The number of nitrogens with one attached hydrogen (secondary N) is 1. The fourth-order valence-corrected chi connectivity index (χ4v) is 5.54. The molecular formula is C25H31N5O2. The summed E-state index contributed by atoms with van der Waals surface area (Å²) in [5.41, 5.74) is 4.03. The molecule has 0 spiro atoms. The second-order valence-electron chi connectivity index (χ2n) is 9.65. The van der Waals surface area contributed by atoms with Crippen LogP contribution in [0.2, 0.25) is 0 Å². The van der Waals surface area contributed by atoms with Crippen molar-refractivity contribution in [1.29, 1.82) is 0 Å². The maximum Gasteiger partial charge on any atom is 0.274 e. The number of carbonyl (C=O) groups is 1. The van der Waals surface area contributed by atoms with Gasteiger partial charge in [-0.25, -0.2) is 0 Å².